The number of phenols is 3. The molecule has 5 heteroatoms. The molecule has 0 spiro atoms. The molecule has 1 fully saturated rings. The van der Waals surface area contributed by atoms with Crippen LogP contribution in [0.1, 0.15) is 25.7 Å². The fraction of sp³-hybridized carbons (Fsp3) is 0.300. The van der Waals surface area contributed by atoms with Gasteiger partial charge < -0.3 is 15.3 Å². The van der Waals surface area contributed by atoms with Crippen molar-refractivity contribution in [3.63, 3.8) is 0 Å². The topological polar surface area (TPSA) is 85.4 Å². The Morgan fingerprint density at radius 2 is 1.40 bits per heavy atom. The van der Waals surface area contributed by atoms with Gasteiger partial charge in [0.15, 0.2) is 0 Å². The summed E-state index contributed by atoms with van der Waals surface area (Å²) in [5.41, 5.74) is 0. The molecule has 2 aliphatic rings. The molecule has 1 heterocycles. The van der Waals surface area contributed by atoms with Crippen molar-refractivity contribution < 1.29 is 15.3 Å². The van der Waals surface area contributed by atoms with Crippen molar-refractivity contribution in [1.29, 1.82) is 0 Å². The van der Waals surface area contributed by atoms with Crippen LogP contribution >= 0.6 is 0 Å². The monoisotopic (exact) mass is 334 g/mol. The first kappa shape index (κ1) is 14.5. The smallest absolute Gasteiger partial charge is 0.135 e. The molecule has 5 nitrogen and oxygen atoms in total. The summed E-state index contributed by atoms with van der Waals surface area (Å²) in [6.07, 6.45) is 4.26. The van der Waals surface area contributed by atoms with Gasteiger partial charge in [0, 0.05) is 16.8 Å². The molecule has 1 aliphatic carbocycles. The lowest BCUT2D eigenvalue weighted by Gasteiger charge is -2.28. The van der Waals surface area contributed by atoms with E-state index < -0.39 is 0 Å². The molecule has 3 N–H and O–H groups in total. The first-order chi connectivity index (χ1) is 12.1. The van der Waals surface area contributed by atoms with Crippen LogP contribution in [-0.4, -0.2) is 27.4 Å². The second-order valence-electron chi connectivity index (χ2n) is 6.93. The SMILES string of the molecule is Oc1cc2c(c3c(O)c4ccccc4c(O)c13)=NC1CCCCC1N=2. The molecule has 1 aliphatic heterocycles. The Balaban J connectivity index is 2.00. The van der Waals surface area contributed by atoms with Gasteiger partial charge in [0.2, 0.25) is 0 Å². The number of benzene rings is 3. The van der Waals surface area contributed by atoms with Crippen molar-refractivity contribution in [2.24, 2.45) is 9.98 Å². The van der Waals surface area contributed by atoms with Gasteiger partial charge in [-0.3, -0.25) is 9.98 Å². The largest absolute Gasteiger partial charge is 0.507 e. The standard InChI is InChI=1S/C20H18N2O3/c23-15-9-14-18(22-13-8-4-3-7-12(13)21-14)17-16(15)19(24)10-5-1-2-6-11(10)20(17)25/h1-2,5-6,9,12-13,23-25H,3-4,7-8H2. The van der Waals surface area contributed by atoms with E-state index in [1.54, 1.807) is 30.3 Å². The van der Waals surface area contributed by atoms with Crippen molar-refractivity contribution in [3.05, 3.63) is 41.0 Å². The molecular weight excluding hydrogens is 316 g/mol. The molecule has 0 amide bonds. The Labute approximate surface area is 143 Å². The van der Waals surface area contributed by atoms with Gasteiger partial charge in [-0.2, -0.15) is 0 Å². The summed E-state index contributed by atoms with van der Waals surface area (Å²) in [5, 5.41) is 35.0. The quantitative estimate of drug-likeness (QED) is 0.436. The molecule has 25 heavy (non-hydrogen) atoms. The Hall–Kier alpha value is -2.82. The van der Waals surface area contributed by atoms with Gasteiger partial charge in [-0.1, -0.05) is 37.1 Å². The minimum atomic E-state index is -0.0829. The average molecular weight is 334 g/mol. The molecule has 5 rings (SSSR count). The summed E-state index contributed by atoms with van der Waals surface area (Å²) < 4.78 is 0. The third-order valence-electron chi connectivity index (χ3n) is 5.46. The van der Waals surface area contributed by atoms with Gasteiger partial charge in [-0.25, -0.2) is 0 Å². The minimum absolute atomic E-state index is 0.0313. The van der Waals surface area contributed by atoms with Crippen LogP contribution < -0.4 is 10.7 Å². The van der Waals surface area contributed by atoms with Crippen LogP contribution in [0.2, 0.25) is 0 Å². The molecule has 2 atom stereocenters. The maximum atomic E-state index is 10.9. The van der Waals surface area contributed by atoms with Crippen LogP contribution in [0.3, 0.4) is 0 Å². The number of aromatic hydroxyl groups is 3. The normalized spacial score (nSPS) is 22.1. The first-order valence-electron chi connectivity index (χ1n) is 8.69. The molecule has 3 aromatic carbocycles. The molecule has 0 saturated heterocycles. The maximum Gasteiger partial charge on any atom is 0.135 e. The zero-order valence-electron chi connectivity index (χ0n) is 13.6. The number of hydrogen-bond donors (Lipinski definition) is 3. The number of rotatable bonds is 0. The van der Waals surface area contributed by atoms with Crippen LogP contribution in [0.15, 0.2) is 40.3 Å². The summed E-state index contributed by atoms with van der Waals surface area (Å²) >= 11 is 0. The highest BCUT2D eigenvalue weighted by molar-refractivity contribution is 6.12. The van der Waals surface area contributed by atoms with E-state index in [1.807, 2.05) is 0 Å². The molecule has 126 valence electrons. The van der Waals surface area contributed by atoms with Gasteiger partial charge in [0.25, 0.3) is 0 Å². The molecule has 2 unspecified atom stereocenters. The number of fused-ring (bicyclic) bond motifs is 5. The fourth-order valence-electron chi connectivity index (χ4n) is 4.25. The fourth-order valence-corrected chi connectivity index (χ4v) is 4.25. The highest BCUT2D eigenvalue weighted by Gasteiger charge is 2.28. The molecule has 0 aromatic heterocycles. The number of nitrogens with zero attached hydrogens (tertiary/aromatic N) is 2. The summed E-state index contributed by atoms with van der Waals surface area (Å²) in [6, 6.07) is 8.89. The lowest BCUT2D eigenvalue weighted by atomic mass is 9.90. The van der Waals surface area contributed by atoms with Crippen LogP contribution in [0.4, 0.5) is 0 Å². The minimum Gasteiger partial charge on any atom is -0.507 e. The predicted molar refractivity (Wildman–Crippen MR) is 94.8 cm³/mol. The predicted octanol–water partition coefficient (Wildman–Crippen LogP) is 2.67. The van der Waals surface area contributed by atoms with Crippen LogP contribution in [-0.2, 0) is 0 Å². The van der Waals surface area contributed by atoms with E-state index in [4.69, 9.17) is 9.98 Å². The number of phenolic OH excluding ortho intramolecular Hbond substituents is 3. The number of hydrogen-bond acceptors (Lipinski definition) is 5. The highest BCUT2D eigenvalue weighted by atomic mass is 16.3. The van der Waals surface area contributed by atoms with Crippen LogP contribution in [0, 0.1) is 0 Å². The summed E-state index contributed by atoms with van der Waals surface area (Å²) in [6.45, 7) is 0. The maximum absolute atomic E-state index is 10.9. The van der Waals surface area contributed by atoms with Gasteiger partial charge in [0.05, 0.1) is 33.6 Å². The molecular formula is C20H18N2O3. The van der Waals surface area contributed by atoms with Crippen molar-refractivity contribution in [1.82, 2.24) is 0 Å². The second-order valence-corrected chi connectivity index (χ2v) is 6.93. The lowest BCUT2D eigenvalue weighted by molar-refractivity contribution is 0.369. The van der Waals surface area contributed by atoms with Gasteiger partial charge >= 0.3 is 0 Å². The molecule has 0 radical (unpaired) electrons. The van der Waals surface area contributed by atoms with E-state index in [9.17, 15) is 15.3 Å². The van der Waals surface area contributed by atoms with E-state index in [2.05, 4.69) is 0 Å². The van der Waals surface area contributed by atoms with E-state index in [0.29, 0.717) is 26.9 Å². The average Bonchev–Trinajstić information content (AvgIpc) is 2.64. The van der Waals surface area contributed by atoms with E-state index in [0.717, 1.165) is 25.7 Å². The zero-order chi connectivity index (χ0) is 17.1. The van der Waals surface area contributed by atoms with Gasteiger partial charge in [-0.05, 0) is 12.8 Å². The Bertz CT molecular complexity index is 1150. The van der Waals surface area contributed by atoms with Crippen LogP contribution in [0.25, 0.3) is 21.5 Å². The van der Waals surface area contributed by atoms with E-state index in [1.165, 1.54) is 0 Å². The van der Waals surface area contributed by atoms with Gasteiger partial charge in [0.1, 0.15) is 17.2 Å². The Morgan fingerprint density at radius 1 is 0.800 bits per heavy atom. The van der Waals surface area contributed by atoms with E-state index >= 15 is 0 Å². The highest BCUT2D eigenvalue weighted by Crippen LogP contribution is 2.43. The van der Waals surface area contributed by atoms with E-state index in [-0.39, 0.29) is 34.7 Å². The molecule has 3 aromatic rings. The lowest BCUT2D eigenvalue weighted by Crippen LogP contribution is -2.41. The third-order valence-corrected chi connectivity index (χ3v) is 5.46. The van der Waals surface area contributed by atoms with Crippen molar-refractivity contribution in [2.45, 2.75) is 37.8 Å². The molecule has 1 saturated carbocycles. The van der Waals surface area contributed by atoms with Crippen molar-refractivity contribution in [3.8, 4) is 17.2 Å². The molecule has 0 bridgehead atoms. The van der Waals surface area contributed by atoms with Crippen LogP contribution in [0.5, 0.6) is 17.2 Å². The van der Waals surface area contributed by atoms with Crippen molar-refractivity contribution >= 4 is 21.5 Å². The summed E-state index contributed by atoms with van der Waals surface area (Å²) in [4.78, 5) is 9.65. The first-order valence-corrected chi connectivity index (χ1v) is 8.69. The van der Waals surface area contributed by atoms with Gasteiger partial charge in [-0.15, -0.1) is 0 Å². The Kier molecular flexibility index (Phi) is 2.95. The summed E-state index contributed by atoms with van der Waals surface area (Å²) in [5.74, 6) is -0.0889. The Morgan fingerprint density at radius 3 is 2.08 bits per heavy atom. The summed E-state index contributed by atoms with van der Waals surface area (Å²) in [7, 11) is 0. The second kappa shape index (κ2) is 5.09. The third kappa shape index (κ3) is 1.95. The van der Waals surface area contributed by atoms with Crippen molar-refractivity contribution in [2.75, 3.05) is 0 Å². The zero-order valence-corrected chi connectivity index (χ0v) is 13.6.